The Bertz CT molecular complexity index is 770. The summed E-state index contributed by atoms with van der Waals surface area (Å²) in [6.07, 6.45) is 1.39. The Morgan fingerprint density at radius 2 is 2.15 bits per heavy atom. The van der Waals surface area contributed by atoms with Crippen molar-refractivity contribution < 1.29 is 8.42 Å². The predicted octanol–water partition coefficient (Wildman–Crippen LogP) is 1.51. The Morgan fingerprint density at radius 1 is 1.45 bits per heavy atom. The highest BCUT2D eigenvalue weighted by Gasteiger charge is 2.19. The van der Waals surface area contributed by atoms with Gasteiger partial charge in [-0.05, 0) is 18.2 Å². The zero-order valence-electron chi connectivity index (χ0n) is 10.4. The molecule has 1 aromatic heterocycles. The first-order valence-electron chi connectivity index (χ1n) is 5.41. The third-order valence-electron chi connectivity index (χ3n) is 2.55. The number of aryl methyl sites for hydroxylation is 1. The van der Waals surface area contributed by atoms with E-state index in [0.29, 0.717) is 5.56 Å². The number of nitrogens with two attached hydrogens (primary N) is 1. The number of aromatic nitrogens is 2. The molecule has 0 aliphatic heterocycles. The molecule has 0 radical (unpaired) electrons. The van der Waals surface area contributed by atoms with Crippen molar-refractivity contribution in [1.29, 1.82) is 0 Å². The maximum absolute atomic E-state index is 12.2. The van der Waals surface area contributed by atoms with Gasteiger partial charge in [0.05, 0.1) is 16.9 Å². The highest BCUT2D eigenvalue weighted by Crippen LogP contribution is 2.25. The molecule has 0 atom stereocenters. The molecule has 106 valence electrons. The first kappa shape index (κ1) is 14.8. The zero-order valence-corrected chi connectivity index (χ0v) is 12.8. The van der Waals surface area contributed by atoms with E-state index in [4.69, 9.17) is 29.6 Å². The Labute approximate surface area is 126 Å². The highest BCUT2D eigenvalue weighted by molar-refractivity contribution is 7.92. The van der Waals surface area contributed by atoms with Crippen LogP contribution in [0.1, 0.15) is 5.56 Å². The summed E-state index contributed by atoms with van der Waals surface area (Å²) in [6.45, 7) is 0. The van der Waals surface area contributed by atoms with E-state index in [1.165, 1.54) is 36.1 Å². The number of nitrogens with zero attached hydrogens (tertiary/aromatic N) is 2. The van der Waals surface area contributed by atoms with Gasteiger partial charge in [-0.25, -0.2) is 0 Å². The number of rotatable bonds is 4. The maximum Gasteiger partial charge on any atom is 0.279 e. The van der Waals surface area contributed by atoms with Crippen LogP contribution in [0.25, 0.3) is 0 Å². The molecule has 0 amide bonds. The van der Waals surface area contributed by atoms with Gasteiger partial charge in [0.15, 0.2) is 5.03 Å². The smallest absolute Gasteiger partial charge is 0.279 e. The van der Waals surface area contributed by atoms with E-state index in [0.717, 1.165) is 0 Å². The minimum absolute atomic E-state index is 0.0225. The molecule has 0 saturated heterocycles. The molecule has 20 heavy (non-hydrogen) atoms. The fourth-order valence-electron chi connectivity index (χ4n) is 1.58. The molecule has 1 aromatic carbocycles. The summed E-state index contributed by atoms with van der Waals surface area (Å²) in [7, 11) is -2.25. The van der Waals surface area contributed by atoms with E-state index in [-0.39, 0.29) is 20.7 Å². The molecule has 0 saturated carbocycles. The van der Waals surface area contributed by atoms with Crippen LogP contribution < -0.4 is 10.5 Å². The number of sulfonamides is 1. The van der Waals surface area contributed by atoms with E-state index in [2.05, 4.69) is 9.82 Å². The Balaban J connectivity index is 2.42. The fourth-order valence-corrected chi connectivity index (χ4v) is 3.12. The highest BCUT2D eigenvalue weighted by atomic mass is 35.5. The van der Waals surface area contributed by atoms with Gasteiger partial charge in [0, 0.05) is 12.6 Å². The average molecular weight is 331 g/mol. The minimum atomic E-state index is -3.78. The molecule has 0 aliphatic carbocycles. The molecule has 1 heterocycles. The monoisotopic (exact) mass is 330 g/mol. The largest absolute Gasteiger partial charge is 0.389 e. The van der Waals surface area contributed by atoms with Crippen molar-refractivity contribution in [3.05, 3.63) is 41.0 Å². The number of anilines is 1. The second kappa shape index (κ2) is 5.39. The van der Waals surface area contributed by atoms with E-state index < -0.39 is 10.0 Å². The molecule has 2 aromatic rings. The average Bonchev–Trinajstić information content (AvgIpc) is 2.78. The third-order valence-corrected chi connectivity index (χ3v) is 4.55. The summed E-state index contributed by atoms with van der Waals surface area (Å²) < 4.78 is 28.1. The first-order chi connectivity index (χ1) is 9.31. The second-order valence-corrected chi connectivity index (χ2v) is 6.43. The maximum atomic E-state index is 12.2. The number of hydrogen-bond donors (Lipinski definition) is 2. The summed E-state index contributed by atoms with van der Waals surface area (Å²) in [6, 6.07) is 6.01. The molecular formula is C11H11ClN4O2S2. The molecule has 2 rings (SSSR count). The Hall–Kier alpha value is -1.64. The van der Waals surface area contributed by atoms with Crippen molar-refractivity contribution in [3.8, 4) is 0 Å². The molecule has 3 N–H and O–H groups in total. The standard InChI is InChI=1S/C11H11ClN4O2S2/c1-16-10(4-5-14-16)20(17,18)15-9-6-7(11(13)19)2-3-8(9)12/h2-6,15H,1H3,(H2,13,19). The Kier molecular flexibility index (Phi) is 3.98. The minimum Gasteiger partial charge on any atom is -0.389 e. The number of halogens is 1. The molecule has 0 aliphatic rings. The van der Waals surface area contributed by atoms with Crippen LogP contribution in [0.3, 0.4) is 0 Å². The summed E-state index contributed by atoms with van der Waals surface area (Å²) in [5.41, 5.74) is 6.24. The van der Waals surface area contributed by atoms with E-state index >= 15 is 0 Å². The lowest BCUT2D eigenvalue weighted by Gasteiger charge is -2.11. The molecule has 0 bridgehead atoms. The topological polar surface area (TPSA) is 90.0 Å². The van der Waals surface area contributed by atoms with E-state index in [1.807, 2.05) is 0 Å². The van der Waals surface area contributed by atoms with Crippen LogP contribution in [-0.4, -0.2) is 23.2 Å². The van der Waals surface area contributed by atoms with Gasteiger partial charge in [-0.3, -0.25) is 9.40 Å². The molecule has 0 spiro atoms. The predicted molar refractivity (Wildman–Crippen MR) is 81.4 cm³/mol. The van der Waals surface area contributed by atoms with Gasteiger partial charge < -0.3 is 5.73 Å². The molecule has 6 nitrogen and oxygen atoms in total. The molecular weight excluding hydrogens is 320 g/mol. The first-order valence-corrected chi connectivity index (χ1v) is 7.68. The summed E-state index contributed by atoms with van der Waals surface area (Å²) in [5.74, 6) is 0. The van der Waals surface area contributed by atoms with Crippen LogP contribution in [-0.2, 0) is 17.1 Å². The number of nitrogens with one attached hydrogen (secondary N) is 1. The molecule has 0 unspecified atom stereocenters. The van der Waals surface area contributed by atoms with Gasteiger partial charge >= 0.3 is 0 Å². The summed E-state index contributed by atoms with van der Waals surface area (Å²) in [4.78, 5) is 0.155. The third kappa shape index (κ3) is 2.92. The van der Waals surface area contributed by atoms with E-state index in [9.17, 15) is 8.42 Å². The van der Waals surface area contributed by atoms with E-state index in [1.54, 1.807) is 6.07 Å². The van der Waals surface area contributed by atoms with Gasteiger partial charge in [0.2, 0.25) is 0 Å². The lowest BCUT2D eigenvalue weighted by atomic mass is 10.2. The summed E-state index contributed by atoms with van der Waals surface area (Å²) >= 11 is 10.8. The number of benzene rings is 1. The van der Waals surface area contributed by atoms with Gasteiger partial charge in [-0.15, -0.1) is 0 Å². The van der Waals surface area contributed by atoms with Gasteiger partial charge in [0.25, 0.3) is 10.0 Å². The summed E-state index contributed by atoms with van der Waals surface area (Å²) in [5, 5.41) is 4.09. The van der Waals surface area contributed by atoms with Gasteiger partial charge in [0.1, 0.15) is 4.99 Å². The fraction of sp³-hybridized carbons (Fsp3) is 0.0909. The van der Waals surface area contributed by atoms with Crippen LogP contribution in [0, 0.1) is 0 Å². The van der Waals surface area contributed by atoms with Crippen molar-refractivity contribution in [2.24, 2.45) is 12.8 Å². The lowest BCUT2D eigenvalue weighted by molar-refractivity contribution is 0.582. The van der Waals surface area contributed by atoms with Crippen LogP contribution in [0.15, 0.2) is 35.5 Å². The SMILES string of the molecule is Cn1nccc1S(=O)(=O)Nc1cc(C(N)=S)ccc1Cl. The van der Waals surface area contributed by atoms with Crippen molar-refractivity contribution in [3.63, 3.8) is 0 Å². The normalized spacial score (nSPS) is 11.3. The van der Waals surface area contributed by atoms with Crippen molar-refractivity contribution >= 4 is 44.5 Å². The Morgan fingerprint density at radius 3 is 2.70 bits per heavy atom. The van der Waals surface area contributed by atoms with Gasteiger partial charge in [-0.1, -0.05) is 29.9 Å². The van der Waals surface area contributed by atoms with Crippen molar-refractivity contribution in [2.45, 2.75) is 5.03 Å². The van der Waals surface area contributed by atoms with Crippen LogP contribution in [0.5, 0.6) is 0 Å². The quantitative estimate of drug-likeness (QED) is 0.829. The van der Waals surface area contributed by atoms with Crippen LogP contribution >= 0.6 is 23.8 Å². The lowest BCUT2D eigenvalue weighted by Crippen LogP contribution is -2.17. The number of hydrogen-bond acceptors (Lipinski definition) is 4. The van der Waals surface area contributed by atoms with Gasteiger partial charge in [-0.2, -0.15) is 13.5 Å². The second-order valence-electron chi connectivity index (χ2n) is 3.96. The number of thiocarbonyl (C=S) groups is 1. The molecule has 0 fully saturated rings. The van der Waals surface area contributed by atoms with Crippen LogP contribution in [0.4, 0.5) is 5.69 Å². The van der Waals surface area contributed by atoms with Crippen LogP contribution in [0.2, 0.25) is 5.02 Å². The van der Waals surface area contributed by atoms with Crippen molar-refractivity contribution in [2.75, 3.05) is 4.72 Å². The van der Waals surface area contributed by atoms with Crippen molar-refractivity contribution in [1.82, 2.24) is 9.78 Å². The zero-order chi connectivity index (χ0) is 14.9. The molecule has 9 heteroatoms.